The van der Waals surface area contributed by atoms with Crippen molar-refractivity contribution < 1.29 is 9.53 Å². The highest BCUT2D eigenvalue weighted by Crippen LogP contribution is 2.27. The van der Waals surface area contributed by atoms with Crippen LogP contribution in [0.3, 0.4) is 0 Å². The van der Waals surface area contributed by atoms with Gasteiger partial charge in [0.15, 0.2) is 0 Å². The Morgan fingerprint density at radius 3 is 2.85 bits per heavy atom. The van der Waals surface area contributed by atoms with Crippen LogP contribution in [0.25, 0.3) is 0 Å². The maximum absolute atomic E-state index is 11.9. The number of rotatable bonds is 0. The molecule has 0 aromatic rings. The first-order chi connectivity index (χ1) is 6.25. The lowest BCUT2D eigenvalue weighted by Gasteiger charge is -2.42. The lowest BCUT2D eigenvalue weighted by Crippen LogP contribution is -2.59. The predicted molar refractivity (Wildman–Crippen MR) is 48.4 cm³/mol. The van der Waals surface area contributed by atoms with E-state index in [0.29, 0.717) is 6.61 Å². The molecule has 0 aromatic carbocycles. The summed E-state index contributed by atoms with van der Waals surface area (Å²) in [6.45, 7) is 3.19. The van der Waals surface area contributed by atoms with Gasteiger partial charge in [0, 0.05) is 13.6 Å². The van der Waals surface area contributed by atoms with Crippen molar-refractivity contribution in [2.24, 2.45) is 0 Å². The Balaban J connectivity index is 2.14. The fourth-order valence-corrected chi connectivity index (χ4v) is 2.08. The van der Waals surface area contributed by atoms with Crippen LogP contribution in [0.15, 0.2) is 0 Å². The van der Waals surface area contributed by atoms with Crippen molar-refractivity contribution in [3.8, 4) is 0 Å². The highest BCUT2D eigenvalue weighted by atomic mass is 16.5. The van der Waals surface area contributed by atoms with Crippen LogP contribution >= 0.6 is 0 Å². The molecule has 0 bridgehead atoms. The summed E-state index contributed by atoms with van der Waals surface area (Å²) in [6, 6.07) is 0. The van der Waals surface area contributed by atoms with Gasteiger partial charge in [-0.3, -0.25) is 4.79 Å². The maximum atomic E-state index is 11.9. The molecule has 0 radical (unpaired) electrons. The van der Waals surface area contributed by atoms with E-state index >= 15 is 0 Å². The molecule has 1 N–H and O–H groups in total. The maximum Gasteiger partial charge on any atom is 0.254 e. The van der Waals surface area contributed by atoms with Crippen LogP contribution in [0.5, 0.6) is 0 Å². The molecule has 2 heterocycles. The molecule has 2 aliphatic heterocycles. The third-order valence-corrected chi connectivity index (χ3v) is 2.95. The van der Waals surface area contributed by atoms with Gasteiger partial charge in [-0.15, -0.1) is 0 Å². The minimum atomic E-state index is -0.488. The number of hydrogen-bond donors (Lipinski definition) is 1. The molecule has 0 atom stereocenters. The topological polar surface area (TPSA) is 41.6 Å². The number of nitrogens with one attached hydrogen (secondary N) is 1. The van der Waals surface area contributed by atoms with E-state index in [4.69, 9.17) is 4.74 Å². The third-order valence-electron chi connectivity index (χ3n) is 2.95. The normalized spacial score (nSPS) is 28.1. The third kappa shape index (κ3) is 1.44. The van der Waals surface area contributed by atoms with Gasteiger partial charge >= 0.3 is 0 Å². The molecule has 2 rings (SSSR count). The fraction of sp³-hybridized carbons (Fsp3) is 0.889. The van der Waals surface area contributed by atoms with Gasteiger partial charge in [0.2, 0.25) is 0 Å². The van der Waals surface area contributed by atoms with Gasteiger partial charge in [0.05, 0.1) is 6.61 Å². The van der Waals surface area contributed by atoms with Crippen LogP contribution in [0.2, 0.25) is 0 Å². The van der Waals surface area contributed by atoms with E-state index in [0.717, 1.165) is 32.5 Å². The summed E-state index contributed by atoms with van der Waals surface area (Å²) in [6.07, 6.45) is 1.63. The number of hydrogen-bond acceptors (Lipinski definition) is 3. The summed E-state index contributed by atoms with van der Waals surface area (Å²) < 4.78 is 5.66. The number of amides is 1. The van der Waals surface area contributed by atoms with Gasteiger partial charge in [0.1, 0.15) is 5.60 Å². The van der Waals surface area contributed by atoms with E-state index in [9.17, 15) is 4.79 Å². The number of ether oxygens (including phenoxy) is 1. The standard InChI is InChI=1S/C9H16N2O2/c1-11-6-7-13-9(8(11)12)2-4-10-5-3-9/h10H,2-7H2,1H3. The number of likely N-dealkylation sites (N-methyl/N-ethyl adjacent to an activating group) is 1. The molecule has 0 aromatic heterocycles. The van der Waals surface area contributed by atoms with Crippen molar-refractivity contribution in [1.82, 2.24) is 10.2 Å². The van der Waals surface area contributed by atoms with Crippen LogP contribution in [-0.4, -0.2) is 49.7 Å². The Kier molecular flexibility index (Phi) is 2.26. The van der Waals surface area contributed by atoms with Gasteiger partial charge in [-0.25, -0.2) is 0 Å². The minimum absolute atomic E-state index is 0.167. The van der Waals surface area contributed by atoms with Gasteiger partial charge < -0.3 is 15.0 Å². The predicted octanol–water partition coefficient (Wildman–Crippen LogP) is -0.403. The smallest absolute Gasteiger partial charge is 0.254 e. The number of carbonyl (C=O) groups excluding carboxylic acids is 1. The van der Waals surface area contributed by atoms with Crippen LogP contribution in [0.4, 0.5) is 0 Å². The Bertz CT molecular complexity index is 206. The zero-order valence-corrected chi connectivity index (χ0v) is 8.01. The summed E-state index contributed by atoms with van der Waals surface area (Å²) >= 11 is 0. The molecule has 2 aliphatic rings. The summed E-state index contributed by atoms with van der Waals surface area (Å²) in [5.41, 5.74) is -0.488. The summed E-state index contributed by atoms with van der Waals surface area (Å²) in [4.78, 5) is 13.7. The summed E-state index contributed by atoms with van der Waals surface area (Å²) in [7, 11) is 1.86. The summed E-state index contributed by atoms with van der Waals surface area (Å²) in [5.74, 6) is 0.167. The van der Waals surface area contributed by atoms with Crippen LogP contribution in [-0.2, 0) is 9.53 Å². The molecule has 4 nitrogen and oxygen atoms in total. The quantitative estimate of drug-likeness (QED) is 0.557. The van der Waals surface area contributed by atoms with E-state index in [1.807, 2.05) is 7.05 Å². The van der Waals surface area contributed by atoms with Crippen molar-refractivity contribution in [3.63, 3.8) is 0 Å². The molecule has 2 saturated heterocycles. The molecule has 2 fully saturated rings. The van der Waals surface area contributed by atoms with Crippen molar-refractivity contribution >= 4 is 5.91 Å². The fourth-order valence-electron chi connectivity index (χ4n) is 2.08. The first kappa shape index (κ1) is 8.97. The molecule has 0 saturated carbocycles. The molecule has 0 aliphatic carbocycles. The van der Waals surface area contributed by atoms with Crippen LogP contribution in [0, 0.1) is 0 Å². The van der Waals surface area contributed by atoms with E-state index in [-0.39, 0.29) is 5.91 Å². The van der Waals surface area contributed by atoms with Gasteiger partial charge in [-0.2, -0.15) is 0 Å². The number of piperidine rings is 1. The first-order valence-electron chi connectivity index (χ1n) is 4.85. The van der Waals surface area contributed by atoms with Crippen molar-refractivity contribution in [1.29, 1.82) is 0 Å². The highest BCUT2D eigenvalue weighted by molar-refractivity contribution is 5.85. The molecule has 74 valence electrons. The molecule has 13 heavy (non-hydrogen) atoms. The van der Waals surface area contributed by atoms with Crippen molar-refractivity contribution in [2.75, 3.05) is 33.3 Å². The Hall–Kier alpha value is -0.610. The summed E-state index contributed by atoms with van der Waals surface area (Å²) in [5, 5.41) is 3.24. The largest absolute Gasteiger partial charge is 0.363 e. The highest BCUT2D eigenvalue weighted by Gasteiger charge is 2.44. The average molecular weight is 184 g/mol. The zero-order valence-electron chi connectivity index (χ0n) is 8.01. The van der Waals surface area contributed by atoms with E-state index in [1.54, 1.807) is 4.90 Å². The van der Waals surface area contributed by atoms with Crippen LogP contribution in [0.1, 0.15) is 12.8 Å². The van der Waals surface area contributed by atoms with Crippen molar-refractivity contribution in [3.05, 3.63) is 0 Å². The SMILES string of the molecule is CN1CCOC2(CCNCC2)C1=O. The zero-order chi connectivity index (χ0) is 9.31. The number of carbonyl (C=O) groups is 1. The molecule has 0 unspecified atom stereocenters. The number of nitrogens with zero attached hydrogens (tertiary/aromatic N) is 1. The minimum Gasteiger partial charge on any atom is -0.363 e. The van der Waals surface area contributed by atoms with Gasteiger partial charge in [-0.1, -0.05) is 0 Å². The first-order valence-corrected chi connectivity index (χ1v) is 4.85. The second-order valence-corrected chi connectivity index (χ2v) is 3.82. The monoisotopic (exact) mass is 184 g/mol. The molecule has 1 amide bonds. The molecule has 4 heteroatoms. The Labute approximate surface area is 78.2 Å². The van der Waals surface area contributed by atoms with Gasteiger partial charge in [-0.05, 0) is 25.9 Å². The number of morpholine rings is 1. The van der Waals surface area contributed by atoms with E-state index in [1.165, 1.54) is 0 Å². The van der Waals surface area contributed by atoms with E-state index < -0.39 is 5.60 Å². The lowest BCUT2D eigenvalue weighted by atomic mass is 9.89. The average Bonchev–Trinajstić information content (AvgIpc) is 2.16. The van der Waals surface area contributed by atoms with E-state index in [2.05, 4.69) is 5.32 Å². The second kappa shape index (κ2) is 3.27. The molecule has 1 spiro atoms. The molecular weight excluding hydrogens is 168 g/mol. The lowest BCUT2D eigenvalue weighted by molar-refractivity contribution is -0.173. The van der Waals surface area contributed by atoms with Crippen LogP contribution < -0.4 is 5.32 Å². The Morgan fingerprint density at radius 2 is 2.15 bits per heavy atom. The van der Waals surface area contributed by atoms with Gasteiger partial charge in [0.25, 0.3) is 5.91 Å². The van der Waals surface area contributed by atoms with Crippen molar-refractivity contribution in [2.45, 2.75) is 18.4 Å². The second-order valence-electron chi connectivity index (χ2n) is 3.82. The Morgan fingerprint density at radius 1 is 1.46 bits per heavy atom. The molecular formula is C9H16N2O2.